The molecule has 6 aromatic rings. The van der Waals surface area contributed by atoms with Crippen molar-refractivity contribution < 1.29 is 14.1 Å². The summed E-state index contributed by atoms with van der Waals surface area (Å²) in [6.45, 7) is 4.95. The normalized spacial score (nSPS) is 15.9. The van der Waals surface area contributed by atoms with Gasteiger partial charge in [-0.15, -0.1) is 15.0 Å². The first-order valence-corrected chi connectivity index (χ1v) is 17.3. The van der Waals surface area contributed by atoms with Crippen LogP contribution in [0.1, 0.15) is 48.9 Å². The summed E-state index contributed by atoms with van der Waals surface area (Å²) in [4.78, 5) is 14.8. The van der Waals surface area contributed by atoms with Gasteiger partial charge in [-0.05, 0) is 39.5 Å². The number of hydrogen-bond acceptors (Lipinski definition) is 6. The molecule has 0 fully saturated rings. The van der Waals surface area contributed by atoms with Gasteiger partial charge in [0, 0.05) is 18.1 Å². The number of allylic oxidation sites excluding steroid dienone is 1. The lowest BCUT2D eigenvalue weighted by molar-refractivity contribution is -0.877. The second-order valence-electron chi connectivity index (χ2n) is 13.0. The molecule has 1 aliphatic rings. The minimum Gasteiger partial charge on any atom is -0.465 e. The second kappa shape index (κ2) is 14.1. The first kappa shape index (κ1) is 33.5. The van der Waals surface area contributed by atoms with E-state index in [1.807, 2.05) is 98.9 Å². The number of hydrogen-bond donors (Lipinski definition) is 0. The first-order chi connectivity index (χ1) is 24.9. The molecule has 0 saturated carbocycles. The molecule has 0 amide bonds. The molecule has 1 unspecified atom stereocenters. The number of benzene rings is 5. The Balaban J connectivity index is 1.31. The van der Waals surface area contributed by atoms with Crippen LogP contribution < -0.4 is 0 Å². The zero-order chi connectivity index (χ0) is 35.4. The molecular formula is C43H41N6O2+. The van der Waals surface area contributed by atoms with Gasteiger partial charge in [-0.25, -0.2) is 4.79 Å². The number of carbonyl (C=O) groups is 1. The van der Waals surface area contributed by atoms with Gasteiger partial charge in [0.25, 0.3) is 0 Å². The van der Waals surface area contributed by atoms with Crippen LogP contribution in [0.4, 0.5) is 0 Å². The van der Waals surface area contributed by atoms with Crippen LogP contribution in [0.5, 0.6) is 0 Å². The lowest BCUT2D eigenvalue weighted by Crippen LogP contribution is -2.39. The predicted octanol–water partition coefficient (Wildman–Crippen LogP) is 8.26. The van der Waals surface area contributed by atoms with Crippen LogP contribution in [-0.2, 0) is 15.1 Å². The molecule has 2 heterocycles. The summed E-state index contributed by atoms with van der Waals surface area (Å²) in [5, 5.41) is 19.7. The molecule has 1 atom stereocenters. The van der Waals surface area contributed by atoms with Crippen molar-refractivity contribution in [2.24, 2.45) is 5.10 Å². The van der Waals surface area contributed by atoms with Crippen LogP contribution in [-0.4, -0.2) is 57.2 Å². The highest BCUT2D eigenvalue weighted by atomic mass is 16.5. The van der Waals surface area contributed by atoms with Crippen LogP contribution in [0.2, 0.25) is 0 Å². The molecule has 7 rings (SSSR count). The van der Waals surface area contributed by atoms with Gasteiger partial charge >= 0.3 is 5.97 Å². The van der Waals surface area contributed by atoms with Crippen LogP contribution in [0.25, 0.3) is 22.5 Å². The van der Waals surface area contributed by atoms with Gasteiger partial charge in [-0.3, -0.25) is 0 Å². The third kappa shape index (κ3) is 5.98. The first-order valence-electron chi connectivity index (χ1n) is 17.3. The van der Waals surface area contributed by atoms with Gasteiger partial charge in [-0.1, -0.05) is 158 Å². The van der Waals surface area contributed by atoms with Gasteiger partial charge in [-0.2, -0.15) is 4.59 Å². The smallest absolute Gasteiger partial charge is 0.346 e. The molecule has 0 radical (unpaired) electrons. The average Bonchev–Trinajstić information content (AvgIpc) is 3.78. The largest absolute Gasteiger partial charge is 0.465 e. The Bertz CT molecular complexity index is 2110. The number of esters is 1. The summed E-state index contributed by atoms with van der Waals surface area (Å²) in [5.41, 5.74) is 7.92. The molecule has 0 spiro atoms. The quantitative estimate of drug-likeness (QED) is 0.0786. The maximum atomic E-state index is 13.0. The minimum absolute atomic E-state index is 0.343. The number of unbranched alkanes of at least 4 members (excludes halogenated alkanes) is 1. The van der Waals surface area contributed by atoms with Gasteiger partial charge < -0.3 is 4.74 Å². The summed E-state index contributed by atoms with van der Waals surface area (Å²) in [5.74, 6) is 0.142. The predicted molar refractivity (Wildman–Crippen MR) is 201 cm³/mol. The lowest BCUT2D eigenvalue weighted by Gasteiger charge is -2.34. The number of carbonyl (C=O) groups excluding carboxylic acids is 1. The van der Waals surface area contributed by atoms with Crippen LogP contribution in [0, 0.1) is 0 Å². The fraction of sp³-hybridized carbons (Fsp3) is 0.186. The van der Waals surface area contributed by atoms with E-state index in [1.165, 1.54) is 7.11 Å². The number of ether oxygens (including phenoxy) is 1. The van der Waals surface area contributed by atoms with E-state index in [0.717, 1.165) is 64.0 Å². The number of rotatable bonds is 11. The third-order valence-corrected chi connectivity index (χ3v) is 9.90. The fourth-order valence-corrected chi connectivity index (χ4v) is 7.08. The van der Waals surface area contributed by atoms with E-state index in [9.17, 15) is 4.79 Å². The SMILES string of the molecule is CCCC[N+]1(C)N=C(c2ccc(-c3ccccc3-c3nnn(C(c4ccccc4)(c4ccccc4)c4ccccc4)n3)cc2)C(C(=O)OC)=C1C. The molecule has 0 N–H and O–H groups in total. The monoisotopic (exact) mass is 673 g/mol. The molecule has 0 bridgehead atoms. The Morgan fingerprint density at radius 3 is 1.76 bits per heavy atom. The van der Waals surface area contributed by atoms with Gasteiger partial charge in [0.15, 0.2) is 5.54 Å². The van der Waals surface area contributed by atoms with E-state index < -0.39 is 5.54 Å². The van der Waals surface area contributed by atoms with E-state index in [0.29, 0.717) is 21.7 Å². The standard InChI is InChI=1S/C43H41N6O2/c1-5-6-30-49(3)31(2)39(42(50)51-4)40(46-49)33-28-26-32(27-29-33)37-24-16-17-25-38(37)41-44-47-48(45-41)43(34-18-10-7-11-19-34,35-20-12-8-13-21-35)36-22-14-9-15-23-36/h7-29H,5-6,30H2,1-4H3/q+1. The molecule has 1 aromatic heterocycles. The molecular weight excluding hydrogens is 633 g/mol. The van der Waals surface area contributed by atoms with Crippen molar-refractivity contribution in [2.75, 3.05) is 20.7 Å². The zero-order valence-electron chi connectivity index (χ0n) is 29.4. The lowest BCUT2D eigenvalue weighted by atomic mass is 9.77. The molecule has 254 valence electrons. The van der Waals surface area contributed by atoms with Crippen LogP contribution in [0.15, 0.2) is 156 Å². The van der Waals surface area contributed by atoms with E-state index in [1.54, 1.807) is 4.80 Å². The maximum absolute atomic E-state index is 13.0. The molecule has 0 saturated heterocycles. The molecule has 8 nitrogen and oxygen atoms in total. The fourth-order valence-electron chi connectivity index (χ4n) is 7.08. The van der Waals surface area contributed by atoms with E-state index in [2.05, 4.69) is 61.5 Å². The van der Waals surface area contributed by atoms with E-state index >= 15 is 0 Å². The Kier molecular flexibility index (Phi) is 9.26. The summed E-state index contributed by atoms with van der Waals surface area (Å²) in [6, 6.07) is 47.2. The third-order valence-electron chi connectivity index (χ3n) is 9.90. The maximum Gasteiger partial charge on any atom is 0.346 e. The van der Waals surface area contributed by atoms with Crippen molar-refractivity contribution in [3.63, 3.8) is 0 Å². The Hall–Kier alpha value is -5.99. The Morgan fingerprint density at radius 2 is 1.24 bits per heavy atom. The second-order valence-corrected chi connectivity index (χ2v) is 13.0. The van der Waals surface area contributed by atoms with Crippen molar-refractivity contribution in [3.05, 3.63) is 173 Å². The van der Waals surface area contributed by atoms with Crippen molar-refractivity contribution in [3.8, 4) is 22.5 Å². The number of nitrogens with zero attached hydrogens (tertiary/aromatic N) is 6. The average molecular weight is 674 g/mol. The van der Waals surface area contributed by atoms with Gasteiger partial charge in [0.1, 0.15) is 23.5 Å². The molecule has 8 heteroatoms. The van der Waals surface area contributed by atoms with Crippen LogP contribution in [0.3, 0.4) is 0 Å². The summed E-state index contributed by atoms with van der Waals surface area (Å²) >= 11 is 0. The highest BCUT2D eigenvalue weighted by molar-refractivity contribution is 6.27. The Morgan fingerprint density at radius 1 is 0.725 bits per heavy atom. The Labute approximate surface area is 298 Å². The van der Waals surface area contributed by atoms with Crippen molar-refractivity contribution in [1.82, 2.24) is 20.2 Å². The zero-order valence-corrected chi connectivity index (χ0v) is 29.4. The molecule has 1 aliphatic heterocycles. The van der Waals surface area contributed by atoms with Gasteiger partial charge in [0.05, 0.1) is 14.2 Å². The van der Waals surface area contributed by atoms with E-state index in [-0.39, 0.29) is 5.97 Å². The topological polar surface area (TPSA) is 82.3 Å². The number of tetrazole rings is 1. The molecule has 51 heavy (non-hydrogen) atoms. The van der Waals surface area contributed by atoms with Crippen molar-refractivity contribution >= 4 is 11.7 Å². The van der Waals surface area contributed by atoms with Crippen molar-refractivity contribution in [1.29, 1.82) is 0 Å². The summed E-state index contributed by atoms with van der Waals surface area (Å²) < 4.78 is 5.56. The van der Waals surface area contributed by atoms with Gasteiger partial charge in [0.2, 0.25) is 5.82 Å². The molecule has 0 aliphatic carbocycles. The number of aromatic nitrogens is 4. The number of methoxy groups -OCH3 is 1. The number of quaternary nitrogens is 1. The summed E-state index contributed by atoms with van der Waals surface area (Å²) in [7, 11) is 3.47. The molecule has 5 aromatic carbocycles. The highest BCUT2D eigenvalue weighted by Crippen LogP contribution is 2.41. The summed E-state index contributed by atoms with van der Waals surface area (Å²) in [6.07, 6.45) is 2.04. The minimum atomic E-state index is -0.874. The van der Waals surface area contributed by atoms with Crippen LogP contribution >= 0.6 is 0 Å². The highest BCUT2D eigenvalue weighted by Gasteiger charge is 2.42. The van der Waals surface area contributed by atoms with Crippen molar-refractivity contribution in [2.45, 2.75) is 32.2 Å². The van der Waals surface area contributed by atoms with E-state index in [4.69, 9.17) is 25.2 Å².